The lowest BCUT2D eigenvalue weighted by molar-refractivity contribution is -0.148. The Kier molecular flexibility index (Phi) is 5.46. The second kappa shape index (κ2) is 6.07. The van der Waals surface area contributed by atoms with Gasteiger partial charge in [-0.05, 0) is 12.8 Å². The summed E-state index contributed by atoms with van der Waals surface area (Å²) in [6.45, 7) is 3.47. The van der Waals surface area contributed by atoms with Gasteiger partial charge in [0.1, 0.15) is 5.54 Å². The average molecular weight is 211 g/mol. The first-order valence-corrected chi connectivity index (χ1v) is 5.00. The Morgan fingerprint density at radius 2 is 1.93 bits per heavy atom. The lowest BCUT2D eigenvalue weighted by Gasteiger charge is -2.27. The van der Waals surface area contributed by atoms with Crippen molar-refractivity contribution in [2.45, 2.75) is 45.1 Å². The van der Waals surface area contributed by atoms with E-state index in [-0.39, 0.29) is 12.3 Å². The number of carbonyl (C=O) groups excluding carboxylic acids is 1. The van der Waals surface area contributed by atoms with Crippen LogP contribution in [0.2, 0.25) is 0 Å². The molecule has 0 rings (SSSR count). The molecule has 84 valence electrons. The Balaban J connectivity index is 4.49. The van der Waals surface area contributed by atoms with E-state index in [0.29, 0.717) is 19.3 Å². The van der Waals surface area contributed by atoms with E-state index in [1.54, 1.807) is 13.8 Å². The molecule has 0 bridgehead atoms. The van der Waals surface area contributed by atoms with Crippen LogP contribution in [0.4, 0.5) is 0 Å². The minimum absolute atomic E-state index is 0.172. The fraction of sp³-hybridized carbons (Fsp3) is 0.636. The van der Waals surface area contributed by atoms with Gasteiger partial charge in [0.25, 0.3) is 0 Å². The Labute approximate surface area is 90.1 Å². The fourth-order valence-electron chi connectivity index (χ4n) is 1.30. The summed E-state index contributed by atoms with van der Waals surface area (Å²) in [5, 5.41) is 11.6. The van der Waals surface area contributed by atoms with Gasteiger partial charge in [-0.3, -0.25) is 4.79 Å². The van der Waals surface area contributed by atoms with Crippen LogP contribution in [-0.2, 0) is 9.59 Å². The third-order valence-electron chi connectivity index (χ3n) is 2.49. The molecule has 4 nitrogen and oxygen atoms in total. The van der Waals surface area contributed by atoms with Gasteiger partial charge in [0, 0.05) is 12.8 Å². The number of carbonyl (C=O) groups is 2. The molecule has 0 aromatic rings. The van der Waals surface area contributed by atoms with Crippen LogP contribution in [0.25, 0.3) is 0 Å². The maximum absolute atomic E-state index is 11.4. The Morgan fingerprint density at radius 1 is 1.40 bits per heavy atom. The normalized spacial score (nSPS) is 10.5. The summed E-state index contributed by atoms with van der Waals surface area (Å²) in [5.74, 6) is 1.04. The summed E-state index contributed by atoms with van der Waals surface area (Å²) in [7, 11) is 0. The van der Waals surface area contributed by atoms with Gasteiger partial charge >= 0.3 is 5.97 Å². The van der Waals surface area contributed by atoms with Crippen LogP contribution in [0.5, 0.6) is 0 Å². The predicted molar refractivity (Wildman–Crippen MR) is 57.2 cm³/mol. The van der Waals surface area contributed by atoms with Gasteiger partial charge in [0.05, 0.1) is 0 Å². The van der Waals surface area contributed by atoms with Crippen molar-refractivity contribution >= 4 is 11.9 Å². The zero-order valence-electron chi connectivity index (χ0n) is 9.17. The third-order valence-corrected chi connectivity index (χ3v) is 2.49. The lowest BCUT2D eigenvalue weighted by Crippen LogP contribution is -2.53. The summed E-state index contributed by atoms with van der Waals surface area (Å²) in [6, 6.07) is 0. The van der Waals surface area contributed by atoms with Gasteiger partial charge in [0.2, 0.25) is 5.91 Å². The standard InChI is InChI=1S/C11H17NO3/c1-4-7-8-9(13)12-11(5-2,6-3)10(14)15/h1H,5-8H2,2-3H3,(H,12,13)(H,14,15). The van der Waals surface area contributed by atoms with Gasteiger partial charge in [-0.15, -0.1) is 12.3 Å². The van der Waals surface area contributed by atoms with Crippen LogP contribution in [0, 0.1) is 12.3 Å². The van der Waals surface area contributed by atoms with Crippen molar-refractivity contribution in [3.63, 3.8) is 0 Å². The second-order valence-corrected chi connectivity index (χ2v) is 3.35. The van der Waals surface area contributed by atoms with Crippen molar-refractivity contribution in [3.05, 3.63) is 0 Å². The number of aliphatic carboxylic acids is 1. The molecular weight excluding hydrogens is 194 g/mol. The van der Waals surface area contributed by atoms with Crippen LogP contribution in [0.3, 0.4) is 0 Å². The Hall–Kier alpha value is -1.50. The molecular formula is C11H17NO3. The van der Waals surface area contributed by atoms with E-state index in [0.717, 1.165) is 0 Å². The molecule has 0 radical (unpaired) electrons. The van der Waals surface area contributed by atoms with Crippen LogP contribution < -0.4 is 5.32 Å². The maximum atomic E-state index is 11.4. The van der Waals surface area contributed by atoms with Gasteiger partial charge < -0.3 is 10.4 Å². The maximum Gasteiger partial charge on any atom is 0.329 e. The smallest absolute Gasteiger partial charge is 0.329 e. The van der Waals surface area contributed by atoms with Crippen LogP contribution >= 0.6 is 0 Å². The van der Waals surface area contributed by atoms with Crippen molar-refractivity contribution in [1.82, 2.24) is 5.32 Å². The number of amides is 1. The zero-order valence-corrected chi connectivity index (χ0v) is 9.17. The largest absolute Gasteiger partial charge is 0.480 e. The zero-order chi connectivity index (χ0) is 11.9. The number of terminal acetylenes is 1. The highest BCUT2D eigenvalue weighted by atomic mass is 16.4. The first-order chi connectivity index (χ1) is 7.02. The van der Waals surface area contributed by atoms with E-state index < -0.39 is 11.5 Å². The first kappa shape index (κ1) is 13.5. The van der Waals surface area contributed by atoms with Gasteiger partial charge in [-0.25, -0.2) is 4.79 Å². The molecule has 4 heteroatoms. The Morgan fingerprint density at radius 3 is 2.27 bits per heavy atom. The molecule has 0 atom stereocenters. The quantitative estimate of drug-likeness (QED) is 0.648. The van der Waals surface area contributed by atoms with Crippen LogP contribution in [0.15, 0.2) is 0 Å². The number of carboxylic acid groups (broad SMARTS) is 1. The molecule has 15 heavy (non-hydrogen) atoms. The second-order valence-electron chi connectivity index (χ2n) is 3.35. The Bertz CT molecular complexity index is 274. The molecule has 0 heterocycles. The van der Waals surface area contributed by atoms with Crippen molar-refractivity contribution in [3.8, 4) is 12.3 Å². The molecule has 0 saturated carbocycles. The number of hydrogen-bond donors (Lipinski definition) is 2. The molecule has 0 aromatic carbocycles. The molecule has 0 saturated heterocycles. The fourth-order valence-corrected chi connectivity index (χ4v) is 1.30. The lowest BCUT2D eigenvalue weighted by atomic mass is 9.92. The van der Waals surface area contributed by atoms with Crippen molar-refractivity contribution in [1.29, 1.82) is 0 Å². The summed E-state index contributed by atoms with van der Waals surface area (Å²) in [6.07, 6.45) is 6.24. The highest BCUT2D eigenvalue weighted by Gasteiger charge is 2.35. The van der Waals surface area contributed by atoms with E-state index in [4.69, 9.17) is 11.5 Å². The molecule has 0 aliphatic heterocycles. The summed E-state index contributed by atoms with van der Waals surface area (Å²) in [4.78, 5) is 22.4. The predicted octanol–water partition coefficient (Wildman–Crippen LogP) is 1.16. The van der Waals surface area contributed by atoms with Crippen molar-refractivity contribution < 1.29 is 14.7 Å². The van der Waals surface area contributed by atoms with E-state index in [2.05, 4.69) is 11.2 Å². The summed E-state index contributed by atoms with van der Waals surface area (Å²) >= 11 is 0. The SMILES string of the molecule is C#CCCC(=O)NC(CC)(CC)C(=O)O. The van der Waals surface area contributed by atoms with Crippen molar-refractivity contribution in [2.75, 3.05) is 0 Å². The third kappa shape index (κ3) is 3.62. The highest BCUT2D eigenvalue weighted by molar-refractivity contribution is 5.87. The summed E-state index contributed by atoms with van der Waals surface area (Å²) in [5.41, 5.74) is -1.15. The van der Waals surface area contributed by atoms with E-state index >= 15 is 0 Å². The van der Waals surface area contributed by atoms with Gasteiger partial charge in [-0.2, -0.15) is 0 Å². The highest BCUT2D eigenvalue weighted by Crippen LogP contribution is 2.15. The van der Waals surface area contributed by atoms with E-state index in [1.165, 1.54) is 0 Å². The number of rotatable bonds is 6. The minimum Gasteiger partial charge on any atom is -0.480 e. The van der Waals surface area contributed by atoms with Gasteiger partial charge in [-0.1, -0.05) is 13.8 Å². The molecule has 0 unspecified atom stereocenters. The molecule has 0 aliphatic rings. The van der Waals surface area contributed by atoms with E-state index in [9.17, 15) is 9.59 Å². The average Bonchev–Trinajstić information content (AvgIpc) is 2.22. The van der Waals surface area contributed by atoms with Gasteiger partial charge in [0.15, 0.2) is 0 Å². The molecule has 0 aromatic heterocycles. The molecule has 0 fully saturated rings. The molecule has 2 N–H and O–H groups in total. The van der Waals surface area contributed by atoms with E-state index in [1.807, 2.05) is 0 Å². The molecule has 0 spiro atoms. The van der Waals surface area contributed by atoms with Crippen LogP contribution in [0.1, 0.15) is 39.5 Å². The number of carboxylic acids is 1. The van der Waals surface area contributed by atoms with Crippen molar-refractivity contribution in [2.24, 2.45) is 0 Å². The number of nitrogens with one attached hydrogen (secondary N) is 1. The van der Waals surface area contributed by atoms with Crippen LogP contribution in [-0.4, -0.2) is 22.5 Å². The first-order valence-electron chi connectivity index (χ1n) is 5.00. The number of hydrogen-bond acceptors (Lipinski definition) is 2. The minimum atomic E-state index is -1.15. The topological polar surface area (TPSA) is 66.4 Å². The monoisotopic (exact) mass is 211 g/mol. The molecule has 0 aliphatic carbocycles. The summed E-state index contributed by atoms with van der Waals surface area (Å²) < 4.78 is 0. The molecule has 1 amide bonds.